The van der Waals surface area contributed by atoms with Gasteiger partial charge < -0.3 is 43.4 Å². The van der Waals surface area contributed by atoms with Gasteiger partial charge in [0.25, 0.3) is 0 Å². The number of carboxylic acids is 2. The summed E-state index contributed by atoms with van der Waals surface area (Å²) in [5.41, 5.74) is 16.2. The van der Waals surface area contributed by atoms with Gasteiger partial charge in [0.15, 0.2) is 5.96 Å². The van der Waals surface area contributed by atoms with Crippen LogP contribution >= 0.6 is 12.6 Å². The van der Waals surface area contributed by atoms with Crippen molar-refractivity contribution in [3.8, 4) is 0 Å². The van der Waals surface area contributed by atoms with Crippen molar-refractivity contribution in [1.82, 2.24) is 16.0 Å². The van der Waals surface area contributed by atoms with Crippen molar-refractivity contribution < 1.29 is 34.2 Å². The van der Waals surface area contributed by atoms with Crippen LogP contribution in [0.1, 0.15) is 32.6 Å². The molecule has 0 rings (SSSR count). The maximum absolute atomic E-state index is 12.4. The predicted octanol–water partition coefficient (Wildman–Crippen LogP) is -3.28. The maximum Gasteiger partial charge on any atom is 0.326 e. The second-order valence-electron chi connectivity index (χ2n) is 6.86. The lowest BCUT2D eigenvalue weighted by Crippen LogP contribution is -2.56. The van der Waals surface area contributed by atoms with Gasteiger partial charge in [-0.1, -0.05) is 0 Å². The summed E-state index contributed by atoms with van der Waals surface area (Å²) in [7, 11) is 0. The summed E-state index contributed by atoms with van der Waals surface area (Å²) in [5, 5.41) is 24.7. The lowest BCUT2D eigenvalue weighted by Gasteiger charge is -2.22. The number of rotatable bonds is 15. The van der Waals surface area contributed by atoms with E-state index in [0.717, 1.165) is 0 Å². The van der Waals surface area contributed by atoms with E-state index in [0.29, 0.717) is 6.42 Å². The summed E-state index contributed by atoms with van der Waals surface area (Å²) >= 11 is 4.01. The van der Waals surface area contributed by atoms with Crippen molar-refractivity contribution in [1.29, 1.82) is 0 Å². The molecule has 0 saturated carbocycles. The highest BCUT2D eigenvalue weighted by Gasteiger charge is 2.27. The minimum atomic E-state index is -1.43. The van der Waals surface area contributed by atoms with Gasteiger partial charge in [0.2, 0.25) is 17.7 Å². The summed E-state index contributed by atoms with van der Waals surface area (Å²) in [6.07, 6.45) is -0.0886. The predicted molar refractivity (Wildman–Crippen MR) is 118 cm³/mol. The number of nitrogens with one attached hydrogen (secondary N) is 3. The number of aliphatic imine (C=N–C) groups is 1. The Bertz CT molecular complexity index is 715. The van der Waals surface area contributed by atoms with Gasteiger partial charge in [-0.05, 0) is 26.2 Å². The molecule has 182 valence electrons. The summed E-state index contributed by atoms with van der Waals surface area (Å²) in [6, 6.07) is -4.63. The molecule has 0 radical (unpaired) electrons. The smallest absolute Gasteiger partial charge is 0.326 e. The summed E-state index contributed by atoms with van der Waals surface area (Å²) in [4.78, 5) is 62.3. The van der Waals surface area contributed by atoms with Crippen molar-refractivity contribution in [2.75, 3.05) is 12.3 Å². The minimum absolute atomic E-state index is 0.0791. The molecular formula is C17H31N7O7S. The zero-order chi connectivity index (χ0) is 24.8. The number of carboxylic acid groups (broad SMARTS) is 2. The van der Waals surface area contributed by atoms with E-state index in [-0.39, 0.29) is 31.1 Å². The Kier molecular flexibility index (Phi) is 13.4. The molecule has 15 heteroatoms. The molecule has 0 aliphatic rings. The Morgan fingerprint density at radius 2 is 1.53 bits per heavy atom. The molecule has 32 heavy (non-hydrogen) atoms. The Labute approximate surface area is 190 Å². The number of amides is 3. The molecule has 0 aromatic heterocycles. The van der Waals surface area contributed by atoms with Crippen LogP contribution in [-0.4, -0.2) is 82.3 Å². The highest BCUT2D eigenvalue weighted by Crippen LogP contribution is 2.01. The summed E-state index contributed by atoms with van der Waals surface area (Å²) < 4.78 is 0. The highest BCUT2D eigenvalue weighted by atomic mass is 32.1. The number of nitrogens with zero attached hydrogens (tertiary/aromatic N) is 1. The fourth-order valence-electron chi connectivity index (χ4n) is 2.32. The van der Waals surface area contributed by atoms with Crippen LogP contribution in [0.5, 0.6) is 0 Å². The van der Waals surface area contributed by atoms with Crippen LogP contribution in [0.4, 0.5) is 0 Å². The average Bonchev–Trinajstić information content (AvgIpc) is 2.70. The van der Waals surface area contributed by atoms with Crippen molar-refractivity contribution in [3.63, 3.8) is 0 Å². The Morgan fingerprint density at radius 3 is 2.03 bits per heavy atom. The number of hydrogen-bond donors (Lipinski definition) is 9. The fraction of sp³-hybridized carbons (Fsp3) is 0.647. The Hall–Kier alpha value is -3.07. The van der Waals surface area contributed by atoms with E-state index in [1.807, 2.05) is 0 Å². The van der Waals surface area contributed by atoms with Crippen molar-refractivity contribution >= 4 is 48.2 Å². The average molecular weight is 478 g/mol. The van der Waals surface area contributed by atoms with Crippen LogP contribution in [0.25, 0.3) is 0 Å². The van der Waals surface area contributed by atoms with Gasteiger partial charge in [-0.2, -0.15) is 12.6 Å². The second kappa shape index (κ2) is 14.9. The monoisotopic (exact) mass is 477 g/mol. The number of carbonyl (C=O) groups excluding carboxylic acids is 3. The van der Waals surface area contributed by atoms with E-state index in [1.165, 1.54) is 6.92 Å². The standard InChI is InChI=1S/C17H31N7O7S/c1-8(13(27)23-10(16(30)31)4-5-12(25)26)22-15(29)11(7-32)24-14(28)9(18)3-2-6-21-17(19)20/h8-11,32H,2-7,18H2,1H3,(H,22,29)(H,23,27)(H,24,28)(H,25,26)(H,30,31)(H4,19,20,21). The van der Waals surface area contributed by atoms with Gasteiger partial charge >= 0.3 is 11.9 Å². The van der Waals surface area contributed by atoms with Gasteiger partial charge in [-0.3, -0.25) is 24.2 Å². The van der Waals surface area contributed by atoms with Gasteiger partial charge in [0, 0.05) is 18.7 Å². The SMILES string of the molecule is CC(NC(=O)C(CS)NC(=O)C(N)CCCN=C(N)N)C(=O)NC(CCC(=O)O)C(=O)O. The van der Waals surface area contributed by atoms with Crippen LogP contribution in [0.15, 0.2) is 4.99 Å². The number of guanidine groups is 1. The van der Waals surface area contributed by atoms with Crippen molar-refractivity contribution in [3.05, 3.63) is 0 Å². The zero-order valence-electron chi connectivity index (χ0n) is 17.6. The highest BCUT2D eigenvalue weighted by molar-refractivity contribution is 7.80. The van der Waals surface area contributed by atoms with Gasteiger partial charge in [0.1, 0.15) is 18.1 Å². The first kappa shape index (κ1) is 28.9. The van der Waals surface area contributed by atoms with Gasteiger partial charge in [-0.15, -0.1) is 0 Å². The molecule has 0 aromatic rings. The third-order valence-corrected chi connectivity index (χ3v) is 4.50. The molecule has 0 aromatic carbocycles. The van der Waals surface area contributed by atoms with Gasteiger partial charge in [-0.25, -0.2) is 4.79 Å². The number of thiol groups is 1. The second-order valence-corrected chi connectivity index (χ2v) is 7.23. The van der Waals surface area contributed by atoms with Crippen LogP contribution < -0.4 is 33.2 Å². The first-order valence-corrected chi connectivity index (χ1v) is 10.3. The molecule has 4 unspecified atom stereocenters. The third kappa shape index (κ3) is 11.9. The fourth-order valence-corrected chi connectivity index (χ4v) is 2.58. The third-order valence-electron chi connectivity index (χ3n) is 4.13. The molecule has 4 atom stereocenters. The molecular weight excluding hydrogens is 446 g/mol. The molecule has 0 bridgehead atoms. The molecule has 14 nitrogen and oxygen atoms in total. The van der Waals surface area contributed by atoms with E-state index in [4.69, 9.17) is 27.4 Å². The van der Waals surface area contributed by atoms with Crippen LogP contribution in [0.2, 0.25) is 0 Å². The van der Waals surface area contributed by atoms with Crippen LogP contribution in [0.3, 0.4) is 0 Å². The van der Waals surface area contributed by atoms with Crippen molar-refractivity contribution in [2.24, 2.45) is 22.2 Å². The van der Waals surface area contributed by atoms with E-state index in [1.54, 1.807) is 0 Å². The molecule has 0 fully saturated rings. The zero-order valence-corrected chi connectivity index (χ0v) is 18.5. The maximum atomic E-state index is 12.4. The molecule has 3 amide bonds. The van der Waals surface area contributed by atoms with E-state index in [2.05, 4.69) is 33.6 Å². The van der Waals surface area contributed by atoms with Crippen LogP contribution in [0, 0.1) is 0 Å². The Balaban J connectivity index is 4.74. The first-order chi connectivity index (χ1) is 14.9. The molecule has 0 heterocycles. The topological polar surface area (TPSA) is 252 Å². The van der Waals surface area contributed by atoms with E-state index >= 15 is 0 Å². The normalized spacial score (nSPS) is 14.2. The number of aliphatic carboxylic acids is 2. The number of carbonyl (C=O) groups is 5. The molecule has 11 N–H and O–H groups in total. The Morgan fingerprint density at radius 1 is 0.938 bits per heavy atom. The van der Waals surface area contributed by atoms with Crippen molar-refractivity contribution in [2.45, 2.75) is 56.8 Å². The first-order valence-electron chi connectivity index (χ1n) is 9.66. The minimum Gasteiger partial charge on any atom is -0.481 e. The molecule has 0 saturated heterocycles. The van der Waals surface area contributed by atoms with Crippen LogP contribution in [-0.2, 0) is 24.0 Å². The summed E-state index contributed by atoms with van der Waals surface area (Å²) in [6.45, 7) is 1.59. The largest absolute Gasteiger partial charge is 0.481 e. The lowest BCUT2D eigenvalue weighted by atomic mass is 10.1. The summed E-state index contributed by atoms with van der Waals surface area (Å²) in [5.74, 6) is -4.98. The number of nitrogens with two attached hydrogens (primary N) is 3. The van der Waals surface area contributed by atoms with Gasteiger partial charge in [0.05, 0.1) is 6.04 Å². The molecule has 0 aliphatic heterocycles. The number of hydrogen-bond acceptors (Lipinski definition) is 8. The molecule has 0 spiro atoms. The molecule has 0 aliphatic carbocycles. The van der Waals surface area contributed by atoms with E-state index < -0.39 is 60.2 Å². The van der Waals surface area contributed by atoms with E-state index in [9.17, 15) is 24.0 Å². The quantitative estimate of drug-likeness (QED) is 0.0492. The lowest BCUT2D eigenvalue weighted by molar-refractivity contribution is -0.143.